The average molecular weight is 389 g/mol. The Labute approximate surface area is 161 Å². The van der Waals surface area contributed by atoms with Crippen LogP contribution in [0.1, 0.15) is 58.1 Å². The molecule has 0 amide bonds. The van der Waals surface area contributed by atoms with Gasteiger partial charge in [-0.25, -0.2) is 13.1 Å². The van der Waals surface area contributed by atoms with E-state index in [2.05, 4.69) is 9.71 Å². The summed E-state index contributed by atoms with van der Waals surface area (Å²) in [6, 6.07) is 13.5. The molecular weight excluding hydrogens is 360 g/mol. The maximum atomic E-state index is 12.5. The van der Waals surface area contributed by atoms with Gasteiger partial charge in [0.05, 0.1) is 4.75 Å². The molecule has 146 valence electrons. The zero-order valence-electron chi connectivity index (χ0n) is 16.2. The molecule has 0 atom stereocenters. The van der Waals surface area contributed by atoms with Gasteiger partial charge in [0, 0.05) is 17.3 Å². The molecule has 1 aromatic carbocycles. The third-order valence-corrected chi connectivity index (χ3v) is 7.57. The minimum absolute atomic E-state index is 0.0270. The van der Waals surface area contributed by atoms with Gasteiger partial charge in [0.2, 0.25) is 10.0 Å². The van der Waals surface area contributed by atoms with Crippen LogP contribution in [-0.4, -0.2) is 24.2 Å². The van der Waals surface area contributed by atoms with Crippen molar-refractivity contribution in [2.75, 3.05) is 0 Å². The van der Waals surface area contributed by atoms with Crippen molar-refractivity contribution < 1.29 is 8.42 Å². The van der Waals surface area contributed by atoms with Gasteiger partial charge in [-0.05, 0) is 70.1 Å². The van der Waals surface area contributed by atoms with E-state index in [4.69, 9.17) is 0 Å². The number of benzene rings is 1. The van der Waals surface area contributed by atoms with Crippen LogP contribution in [0.5, 0.6) is 0 Å². The van der Waals surface area contributed by atoms with E-state index in [1.54, 1.807) is 20.8 Å². The third-order valence-electron chi connectivity index (χ3n) is 5.31. The normalized spacial score (nSPS) is 21.1. The van der Waals surface area contributed by atoms with E-state index in [1.807, 2.05) is 42.5 Å². The molecular formula is C21H28N2O3S. The van der Waals surface area contributed by atoms with Crippen LogP contribution in [0.15, 0.2) is 47.3 Å². The molecule has 0 saturated heterocycles. The van der Waals surface area contributed by atoms with Crippen molar-refractivity contribution in [1.82, 2.24) is 9.71 Å². The molecule has 2 aromatic rings. The fraction of sp³-hybridized carbons (Fsp3) is 0.476. The highest BCUT2D eigenvalue weighted by Gasteiger charge is 2.33. The lowest BCUT2D eigenvalue weighted by Gasteiger charge is -2.31. The van der Waals surface area contributed by atoms with Crippen molar-refractivity contribution in [2.24, 2.45) is 0 Å². The number of hydrogen-bond donors (Lipinski definition) is 2. The Balaban J connectivity index is 1.67. The Morgan fingerprint density at radius 3 is 2.15 bits per heavy atom. The van der Waals surface area contributed by atoms with Crippen molar-refractivity contribution in [3.63, 3.8) is 0 Å². The molecule has 1 aliphatic carbocycles. The quantitative estimate of drug-likeness (QED) is 0.836. The molecule has 1 heterocycles. The summed E-state index contributed by atoms with van der Waals surface area (Å²) in [6.45, 7) is 5.12. The summed E-state index contributed by atoms with van der Waals surface area (Å²) in [7, 11) is -3.33. The van der Waals surface area contributed by atoms with Gasteiger partial charge in [-0.2, -0.15) is 0 Å². The lowest BCUT2D eigenvalue weighted by atomic mass is 9.84. The number of nitrogens with one attached hydrogen (secondary N) is 2. The number of hydrogen-bond acceptors (Lipinski definition) is 3. The van der Waals surface area contributed by atoms with Crippen LogP contribution in [0, 0.1) is 0 Å². The molecule has 1 saturated carbocycles. The molecule has 3 rings (SSSR count). The molecule has 1 aliphatic rings. The number of H-pyrrole nitrogens is 1. The van der Waals surface area contributed by atoms with Crippen molar-refractivity contribution >= 4 is 10.0 Å². The highest BCUT2D eigenvalue weighted by molar-refractivity contribution is 7.90. The van der Waals surface area contributed by atoms with E-state index in [1.165, 1.54) is 0 Å². The first kappa shape index (κ1) is 19.8. The number of rotatable bonds is 4. The predicted octanol–water partition coefficient (Wildman–Crippen LogP) is 3.79. The Morgan fingerprint density at radius 2 is 1.59 bits per heavy atom. The Bertz CT molecular complexity index is 935. The molecule has 1 fully saturated rings. The van der Waals surface area contributed by atoms with Gasteiger partial charge in [0.25, 0.3) is 5.56 Å². The SMILES string of the molecule is CC(C)(C)S(=O)(=O)N[C@H]1CC[C@H](c2ccc(-c3ccccc3)c(=O)[nH]2)CC1. The molecule has 6 heteroatoms. The molecule has 2 N–H and O–H groups in total. The van der Waals surface area contributed by atoms with Gasteiger partial charge in [-0.3, -0.25) is 4.79 Å². The van der Waals surface area contributed by atoms with Crippen LogP contribution in [0.25, 0.3) is 11.1 Å². The monoisotopic (exact) mass is 388 g/mol. The fourth-order valence-corrected chi connectivity index (χ4v) is 4.52. The third kappa shape index (κ3) is 4.50. The summed E-state index contributed by atoms with van der Waals surface area (Å²) in [5, 5.41) is 0. The molecule has 0 aliphatic heterocycles. The Hall–Kier alpha value is -1.92. The van der Waals surface area contributed by atoms with Crippen molar-refractivity contribution in [3.05, 3.63) is 58.5 Å². The number of pyridine rings is 1. The molecule has 0 bridgehead atoms. The first-order valence-corrected chi connectivity index (χ1v) is 11.0. The minimum Gasteiger partial charge on any atom is -0.325 e. The van der Waals surface area contributed by atoms with Crippen LogP contribution in [0.4, 0.5) is 0 Å². The average Bonchev–Trinajstić information content (AvgIpc) is 2.62. The second kappa shape index (κ2) is 7.60. The van der Waals surface area contributed by atoms with Gasteiger partial charge in [-0.1, -0.05) is 30.3 Å². The highest BCUT2D eigenvalue weighted by atomic mass is 32.2. The summed E-state index contributed by atoms with van der Waals surface area (Å²) in [4.78, 5) is 15.5. The maximum absolute atomic E-state index is 12.5. The largest absolute Gasteiger partial charge is 0.325 e. The molecule has 0 unspecified atom stereocenters. The standard InChI is InChI=1S/C21H28N2O3S/c1-21(2,3)27(25,26)23-17-11-9-16(10-12-17)19-14-13-18(20(24)22-19)15-7-5-4-6-8-15/h4-8,13-14,16-17,23H,9-12H2,1-3H3,(H,22,24)/t16-,17-. The first-order chi connectivity index (χ1) is 12.7. The number of sulfonamides is 1. The molecule has 1 aromatic heterocycles. The zero-order valence-corrected chi connectivity index (χ0v) is 17.0. The van der Waals surface area contributed by atoms with E-state index in [0.29, 0.717) is 5.56 Å². The topological polar surface area (TPSA) is 79.0 Å². The number of aromatic nitrogens is 1. The van der Waals surface area contributed by atoms with E-state index >= 15 is 0 Å². The minimum atomic E-state index is -3.33. The summed E-state index contributed by atoms with van der Waals surface area (Å²) >= 11 is 0. The summed E-state index contributed by atoms with van der Waals surface area (Å²) in [6.07, 6.45) is 3.28. The summed E-state index contributed by atoms with van der Waals surface area (Å²) in [5.41, 5.74) is 2.45. The fourth-order valence-electron chi connectivity index (χ4n) is 3.49. The van der Waals surface area contributed by atoms with E-state index in [-0.39, 0.29) is 17.5 Å². The second-order valence-electron chi connectivity index (χ2n) is 8.30. The smallest absolute Gasteiger partial charge is 0.256 e. The van der Waals surface area contributed by atoms with Gasteiger partial charge < -0.3 is 4.98 Å². The van der Waals surface area contributed by atoms with Crippen LogP contribution >= 0.6 is 0 Å². The van der Waals surface area contributed by atoms with Crippen molar-refractivity contribution in [2.45, 2.75) is 63.2 Å². The van der Waals surface area contributed by atoms with Gasteiger partial charge in [0.1, 0.15) is 0 Å². The molecule has 5 nitrogen and oxygen atoms in total. The Kier molecular flexibility index (Phi) is 5.58. The van der Waals surface area contributed by atoms with E-state index in [9.17, 15) is 13.2 Å². The highest BCUT2D eigenvalue weighted by Crippen LogP contribution is 2.32. The van der Waals surface area contributed by atoms with Crippen molar-refractivity contribution in [1.29, 1.82) is 0 Å². The van der Waals surface area contributed by atoms with Crippen molar-refractivity contribution in [3.8, 4) is 11.1 Å². The number of aromatic amines is 1. The van der Waals surface area contributed by atoms with Crippen LogP contribution < -0.4 is 10.3 Å². The Morgan fingerprint density at radius 1 is 0.963 bits per heavy atom. The van der Waals surface area contributed by atoms with Crippen LogP contribution in [0.2, 0.25) is 0 Å². The summed E-state index contributed by atoms with van der Waals surface area (Å²) in [5.74, 6) is 0.262. The lowest BCUT2D eigenvalue weighted by Crippen LogP contribution is -2.45. The van der Waals surface area contributed by atoms with Gasteiger partial charge >= 0.3 is 0 Å². The lowest BCUT2D eigenvalue weighted by molar-refractivity contribution is 0.367. The van der Waals surface area contributed by atoms with Crippen LogP contribution in [-0.2, 0) is 10.0 Å². The second-order valence-corrected chi connectivity index (χ2v) is 10.8. The molecule has 27 heavy (non-hydrogen) atoms. The molecule has 0 spiro atoms. The van der Waals surface area contributed by atoms with E-state index in [0.717, 1.165) is 36.9 Å². The van der Waals surface area contributed by atoms with E-state index < -0.39 is 14.8 Å². The first-order valence-electron chi connectivity index (χ1n) is 9.48. The van der Waals surface area contributed by atoms with Gasteiger partial charge in [-0.15, -0.1) is 0 Å². The van der Waals surface area contributed by atoms with Gasteiger partial charge in [0.15, 0.2) is 0 Å². The predicted molar refractivity (Wildman–Crippen MR) is 109 cm³/mol. The summed E-state index contributed by atoms with van der Waals surface area (Å²) < 4.78 is 26.7. The maximum Gasteiger partial charge on any atom is 0.256 e. The molecule has 0 radical (unpaired) electrons. The van der Waals surface area contributed by atoms with Crippen LogP contribution in [0.3, 0.4) is 0 Å². The zero-order chi connectivity index (χ0) is 19.7.